The Kier molecular flexibility index (Phi) is 4.31. The molecule has 0 aromatic heterocycles. The number of rotatable bonds is 2. The van der Waals surface area contributed by atoms with Crippen LogP contribution in [0.4, 0.5) is 0 Å². The minimum atomic E-state index is -0.960. The third kappa shape index (κ3) is 2.58. The van der Waals surface area contributed by atoms with E-state index in [4.69, 9.17) is 0 Å². The molecule has 0 saturated carbocycles. The van der Waals surface area contributed by atoms with Gasteiger partial charge in [-0.3, -0.25) is 0 Å². The molecule has 3 aliphatic rings. The van der Waals surface area contributed by atoms with Crippen molar-refractivity contribution in [2.24, 2.45) is 0 Å². The molecule has 3 aromatic carbocycles. The Morgan fingerprint density at radius 2 is 1.06 bits per heavy atom. The molecule has 2 atom stereocenters. The van der Waals surface area contributed by atoms with E-state index in [0.717, 1.165) is 32.0 Å². The van der Waals surface area contributed by atoms with Crippen LogP contribution in [0.15, 0.2) is 58.4 Å². The number of carboxylic acids is 2. The van der Waals surface area contributed by atoms with Crippen LogP contribution in [-0.4, -0.2) is 31.6 Å². The molecule has 170 valence electrons. The van der Waals surface area contributed by atoms with Crippen LogP contribution in [0.1, 0.15) is 48.4 Å². The highest BCUT2D eigenvalue weighted by atomic mass is 32.2. The molecular weight excluding hydrogens is 464 g/mol. The molecule has 0 radical (unpaired) electrons. The number of fused-ring (bicyclic) bond motifs is 9. The summed E-state index contributed by atoms with van der Waals surface area (Å²) in [6, 6.07) is 10.5. The van der Waals surface area contributed by atoms with Crippen molar-refractivity contribution in [2.75, 3.05) is 0 Å². The maximum Gasteiger partial charge on any atom is 0.335 e. The van der Waals surface area contributed by atoms with Crippen molar-refractivity contribution in [2.45, 2.75) is 37.2 Å². The van der Waals surface area contributed by atoms with Crippen LogP contribution in [0.5, 0.6) is 0 Å². The van der Waals surface area contributed by atoms with Crippen molar-refractivity contribution in [3.05, 3.63) is 79.9 Å². The predicted octanol–water partition coefficient (Wildman–Crippen LogP) is 5.52. The van der Waals surface area contributed by atoms with Gasteiger partial charge in [-0.15, -0.1) is 23.5 Å². The van der Waals surface area contributed by atoms with Crippen LogP contribution in [-0.2, 0) is 0 Å². The van der Waals surface area contributed by atoms with Gasteiger partial charge in [-0.1, -0.05) is 12.1 Å². The maximum absolute atomic E-state index is 11.9. The van der Waals surface area contributed by atoms with E-state index >= 15 is 0 Å². The first kappa shape index (κ1) is 21.6. The number of allylic oxidation sites excluding steroid dienone is 4. The van der Waals surface area contributed by atoms with Crippen LogP contribution in [0, 0.1) is 0 Å². The minimum Gasteiger partial charge on any atom is -0.478 e. The van der Waals surface area contributed by atoms with Crippen molar-refractivity contribution in [1.82, 2.24) is 0 Å². The smallest absolute Gasteiger partial charge is 0.335 e. The summed E-state index contributed by atoms with van der Waals surface area (Å²) in [7, 11) is 0. The monoisotopic (exact) mass is 486 g/mol. The van der Waals surface area contributed by atoms with Gasteiger partial charge in [0.25, 0.3) is 0 Å². The van der Waals surface area contributed by atoms with E-state index in [1.807, 2.05) is 35.7 Å². The molecule has 0 amide bonds. The zero-order chi connectivity index (χ0) is 24.2. The van der Waals surface area contributed by atoms with Crippen LogP contribution >= 0.6 is 23.5 Å². The highest BCUT2D eigenvalue weighted by molar-refractivity contribution is 8.09. The van der Waals surface area contributed by atoms with Crippen molar-refractivity contribution >= 4 is 68.2 Å². The molecule has 2 heterocycles. The fraction of sp³-hybridized carbons (Fsp3) is 0.214. The van der Waals surface area contributed by atoms with Gasteiger partial charge in [0.1, 0.15) is 0 Å². The first-order chi connectivity index (χ1) is 16.0. The molecule has 2 N–H and O–H groups in total. The summed E-state index contributed by atoms with van der Waals surface area (Å²) >= 11 is 3.73. The van der Waals surface area contributed by atoms with E-state index in [1.54, 1.807) is 24.3 Å². The van der Waals surface area contributed by atoms with E-state index in [9.17, 15) is 19.8 Å². The van der Waals surface area contributed by atoms with Crippen molar-refractivity contribution in [3.8, 4) is 0 Å². The van der Waals surface area contributed by atoms with Gasteiger partial charge in [-0.25, -0.2) is 9.59 Å². The van der Waals surface area contributed by atoms with Gasteiger partial charge in [0.05, 0.1) is 20.6 Å². The highest BCUT2D eigenvalue weighted by Gasteiger charge is 2.56. The first-order valence-corrected chi connectivity index (χ1v) is 12.7. The zero-order valence-corrected chi connectivity index (χ0v) is 20.8. The molecule has 1 aliphatic carbocycles. The molecule has 2 unspecified atom stereocenters. The van der Waals surface area contributed by atoms with Gasteiger partial charge in [-0.2, -0.15) is 0 Å². The lowest BCUT2D eigenvalue weighted by Crippen LogP contribution is -2.53. The molecule has 0 bridgehead atoms. The van der Waals surface area contributed by atoms with Crippen molar-refractivity contribution < 1.29 is 19.8 Å². The normalized spacial score (nSPS) is 25.2. The van der Waals surface area contributed by atoms with Crippen molar-refractivity contribution in [1.29, 1.82) is 0 Å². The number of hydrogen-bond donors (Lipinski definition) is 2. The third-order valence-corrected chi connectivity index (χ3v) is 10.6. The third-order valence-electron chi connectivity index (χ3n) is 7.51. The summed E-state index contributed by atoms with van der Waals surface area (Å²) in [6.45, 7) is 8.82. The summed E-state index contributed by atoms with van der Waals surface area (Å²) in [5, 5.41) is 25.2. The number of hydrogen-bond acceptors (Lipinski definition) is 4. The average Bonchev–Trinajstić information content (AvgIpc) is 3.27. The Bertz CT molecular complexity index is 1590. The quantitative estimate of drug-likeness (QED) is 0.465. The van der Waals surface area contributed by atoms with Gasteiger partial charge >= 0.3 is 11.9 Å². The molecule has 4 nitrogen and oxygen atoms in total. The summed E-state index contributed by atoms with van der Waals surface area (Å²) in [4.78, 5) is 26.3. The Hall–Kier alpha value is -2.96. The summed E-state index contributed by atoms with van der Waals surface area (Å²) < 4.78 is -0.495. The summed E-state index contributed by atoms with van der Waals surface area (Å²) in [5.41, 5.74) is 2.86. The molecule has 0 fully saturated rings. The largest absolute Gasteiger partial charge is 0.478 e. The predicted molar refractivity (Wildman–Crippen MR) is 141 cm³/mol. The van der Waals surface area contributed by atoms with Crippen LogP contribution in [0.3, 0.4) is 0 Å². The van der Waals surface area contributed by atoms with Gasteiger partial charge in [0, 0.05) is 0 Å². The van der Waals surface area contributed by atoms with E-state index in [1.165, 1.54) is 21.0 Å². The van der Waals surface area contributed by atoms with E-state index in [-0.39, 0.29) is 20.6 Å². The van der Waals surface area contributed by atoms with E-state index in [0.29, 0.717) is 0 Å². The minimum absolute atomic E-state index is 0.246. The molecular formula is C28H22O4S2. The van der Waals surface area contributed by atoms with Crippen LogP contribution < -0.4 is 10.4 Å². The van der Waals surface area contributed by atoms with E-state index in [2.05, 4.69) is 39.8 Å². The summed E-state index contributed by atoms with van der Waals surface area (Å²) in [5.74, 6) is -1.92. The fourth-order valence-corrected chi connectivity index (χ4v) is 8.93. The lowest BCUT2D eigenvalue weighted by Gasteiger charge is -2.45. The molecule has 0 spiro atoms. The Morgan fingerprint density at radius 1 is 0.676 bits per heavy atom. The fourth-order valence-electron chi connectivity index (χ4n) is 5.89. The van der Waals surface area contributed by atoms with Crippen LogP contribution in [0.25, 0.3) is 32.7 Å². The molecule has 6 heteroatoms. The zero-order valence-electron chi connectivity index (χ0n) is 19.1. The molecule has 0 saturated heterocycles. The van der Waals surface area contributed by atoms with Crippen LogP contribution in [0.2, 0.25) is 0 Å². The van der Waals surface area contributed by atoms with Gasteiger partial charge < -0.3 is 10.2 Å². The number of carboxylic acid groups (broad SMARTS) is 2. The lowest BCUT2D eigenvalue weighted by molar-refractivity contribution is 0.0686. The molecule has 6 rings (SSSR count). The topological polar surface area (TPSA) is 74.6 Å². The maximum atomic E-state index is 11.9. The number of thioether (sulfide) groups is 2. The molecule has 3 aromatic rings. The number of aromatic carboxylic acids is 2. The lowest BCUT2D eigenvalue weighted by atomic mass is 9.74. The Morgan fingerprint density at radius 3 is 1.41 bits per heavy atom. The average molecular weight is 487 g/mol. The Labute approximate surface area is 204 Å². The van der Waals surface area contributed by atoms with Crippen molar-refractivity contribution in [3.63, 3.8) is 0 Å². The van der Waals surface area contributed by atoms with Gasteiger partial charge in [0.15, 0.2) is 0 Å². The SMILES string of the molecule is CC1=CC2=c3c(c4cc(C(=O)O)ccc4c4ccc(C(=O)O)cc34)=C3C=C(C)SC3(C)C2(C)S1. The molecule has 34 heavy (non-hydrogen) atoms. The second-order valence-corrected chi connectivity index (χ2v) is 12.8. The van der Waals surface area contributed by atoms with Gasteiger partial charge in [-0.05, 0) is 117 Å². The second-order valence-electron chi connectivity index (χ2n) is 9.49. The standard InChI is InChI=1S/C28H22O4S2/c1-13-9-21-23-19-11-15(25(29)30)5-7-17(19)18-8-6-16(26(31)32)12-20(18)24(23)22-10-14(2)34-28(22,4)27(21,3)33-13/h5-12H,1-4H3,(H,29,30)(H,31,32). The Balaban J connectivity index is 2.01. The second kappa shape index (κ2) is 6.80. The molecule has 2 aliphatic heterocycles. The number of benzene rings is 3. The number of carbonyl (C=O) groups is 2. The van der Waals surface area contributed by atoms with E-state index < -0.39 is 11.9 Å². The van der Waals surface area contributed by atoms with Gasteiger partial charge in [0.2, 0.25) is 0 Å². The first-order valence-electron chi connectivity index (χ1n) is 11.1. The highest BCUT2D eigenvalue weighted by Crippen LogP contribution is 2.64. The summed E-state index contributed by atoms with van der Waals surface area (Å²) in [6.07, 6.45) is 4.47.